The second-order valence-electron chi connectivity index (χ2n) is 7.63. The minimum absolute atomic E-state index is 0.0290. The number of aromatic hydroxyl groups is 1. The summed E-state index contributed by atoms with van der Waals surface area (Å²) in [5.41, 5.74) is 3.42. The fourth-order valence-corrected chi connectivity index (χ4v) is 4.38. The second-order valence-corrected chi connectivity index (χ2v) is 7.63. The highest BCUT2D eigenvalue weighted by Gasteiger charge is 2.41. The van der Waals surface area contributed by atoms with Gasteiger partial charge in [0.2, 0.25) is 12.0 Å². The average Bonchev–Trinajstić information content (AvgIpc) is 3.28. The van der Waals surface area contributed by atoms with Gasteiger partial charge in [0, 0.05) is 23.1 Å². The third-order valence-electron chi connectivity index (χ3n) is 5.89. The van der Waals surface area contributed by atoms with Crippen LogP contribution < -0.4 is 18.9 Å². The average molecular weight is 432 g/mol. The lowest BCUT2D eigenvalue weighted by Gasteiger charge is -2.38. The summed E-state index contributed by atoms with van der Waals surface area (Å²) < 4.78 is 23.0. The molecule has 0 aliphatic carbocycles. The lowest BCUT2D eigenvalue weighted by atomic mass is 9.95. The van der Waals surface area contributed by atoms with Gasteiger partial charge in [-0.25, -0.2) is 5.01 Å². The van der Waals surface area contributed by atoms with Crippen molar-refractivity contribution in [2.24, 2.45) is 5.10 Å². The van der Waals surface area contributed by atoms with Crippen LogP contribution in [0, 0.1) is 0 Å². The molecule has 0 saturated carbocycles. The van der Waals surface area contributed by atoms with Crippen LogP contribution in [0.15, 0.2) is 65.8 Å². The highest BCUT2D eigenvalue weighted by Crippen LogP contribution is 2.50. The number of ether oxygens (including phenoxy) is 4. The van der Waals surface area contributed by atoms with Gasteiger partial charge < -0.3 is 24.1 Å². The number of phenols is 1. The smallest absolute Gasteiger partial charge is 0.214 e. The summed E-state index contributed by atoms with van der Waals surface area (Å²) in [6.45, 7) is 0. The van der Waals surface area contributed by atoms with Crippen molar-refractivity contribution < 1.29 is 24.1 Å². The Balaban J connectivity index is 1.64. The molecule has 0 amide bonds. The SMILES string of the molecule is COc1cc(C2Oc3ccccc3C3CC(c4ccccc4O)=NN32)cc(OC)c1OC. The van der Waals surface area contributed by atoms with Crippen molar-refractivity contribution in [1.29, 1.82) is 0 Å². The predicted molar refractivity (Wildman–Crippen MR) is 120 cm³/mol. The fourth-order valence-electron chi connectivity index (χ4n) is 4.38. The van der Waals surface area contributed by atoms with Crippen LogP contribution in [-0.4, -0.2) is 37.2 Å². The van der Waals surface area contributed by atoms with Gasteiger partial charge in [-0.05, 0) is 30.3 Å². The summed E-state index contributed by atoms with van der Waals surface area (Å²) in [5.74, 6) is 2.63. The minimum atomic E-state index is -0.507. The summed E-state index contributed by atoms with van der Waals surface area (Å²) in [7, 11) is 4.75. The van der Waals surface area contributed by atoms with Crippen LogP contribution in [0.4, 0.5) is 0 Å². The van der Waals surface area contributed by atoms with E-state index in [0.717, 1.165) is 28.2 Å². The number of hydrogen-bond donors (Lipinski definition) is 1. The normalized spacial score (nSPS) is 18.8. The minimum Gasteiger partial charge on any atom is -0.507 e. The topological polar surface area (TPSA) is 72.8 Å². The Kier molecular flexibility index (Phi) is 5.01. The molecule has 0 radical (unpaired) electrons. The Morgan fingerprint density at radius 2 is 1.62 bits per heavy atom. The number of hydrogen-bond acceptors (Lipinski definition) is 7. The molecule has 0 aromatic heterocycles. The van der Waals surface area contributed by atoms with E-state index in [1.807, 2.05) is 47.5 Å². The number of para-hydroxylation sites is 2. The number of methoxy groups -OCH3 is 3. The van der Waals surface area contributed by atoms with Gasteiger partial charge in [0.15, 0.2) is 11.5 Å². The van der Waals surface area contributed by atoms with E-state index in [4.69, 9.17) is 24.0 Å². The molecular weight excluding hydrogens is 408 g/mol. The highest BCUT2D eigenvalue weighted by atomic mass is 16.5. The van der Waals surface area contributed by atoms with Crippen molar-refractivity contribution in [1.82, 2.24) is 5.01 Å². The molecule has 1 N–H and O–H groups in total. The van der Waals surface area contributed by atoms with Gasteiger partial charge in [0.05, 0.1) is 33.1 Å². The molecule has 2 aliphatic rings. The van der Waals surface area contributed by atoms with Gasteiger partial charge in [-0.1, -0.05) is 30.3 Å². The van der Waals surface area contributed by atoms with Crippen LogP contribution in [0.3, 0.4) is 0 Å². The lowest BCUT2D eigenvalue weighted by Crippen LogP contribution is -2.33. The van der Waals surface area contributed by atoms with Crippen molar-refractivity contribution in [3.05, 3.63) is 77.4 Å². The van der Waals surface area contributed by atoms with Crippen molar-refractivity contribution in [2.75, 3.05) is 21.3 Å². The summed E-state index contributed by atoms with van der Waals surface area (Å²) in [6, 6.07) is 19.0. The molecule has 0 spiro atoms. The summed E-state index contributed by atoms with van der Waals surface area (Å²) in [5, 5.41) is 17.3. The van der Waals surface area contributed by atoms with Gasteiger partial charge in [0.25, 0.3) is 0 Å². The van der Waals surface area contributed by atoms with Crippen LogP contribution in [-0.2, 0) is 0 Å². The van der Waals surface area contributed by atoms with Crippen LogP contribution >= 0.6 is 0 Å². The van der Waals surface area contributed by atoms with Crippen LogP contribution in [0.2, 0.25) is 0 Å². The molecule has 2 unspecified atom stereocenters. The van der Waals surface area contributed by atoms with Gasteiger partial charge in [-0.15, -0.1) is 0 Å². The largest absolute Gasteiger partial charge is 0.507 e. The van der Waals surface area contributed by atoms with Crippen molar-refractivity contribution in [3.63, 3.8) is 0 Å². The molecule has 2 aliphatic heterocycles. The molecule has 3 aromatic rings. The van der Waals surface area contributed by atoms with E-state index < -0.39 is 6.23 Å². The Labute approximate surface area is 186 Å². The zero-order valence-corrected chi connectivity index (χ0v) is 18.1. The molecule has 7 nitrogen and oxygen atoms in total. The highest BCUT2D eigenvalue weighted by molar-refractivity contribution is 6.04. The van der Waals surface area contributed by atoms with E-state index in [-0.39, 0.29) is 11.8 Å². The molecule has 3 aromatic carbocycles. The Bertz CT molecular complexity index is 1170. The number of rotatable bonds is 5. The standard InChI is InChI=1S/C25H24N2O5/c1-29-22-12-15(13-23(30-2)24(22)31-3)25-27-19(17-9-5-7-11-21(17)32-25)14-18(26-27)16-8-4-6-10-20(16)28/h4-13,19,25,28H,14H2,1-3H3. The summed E-state index contributed by atoms with van der Waals surface area (Å²) >= 11 is 0. The van der Waals surface area contributed by atoms with E-state index >= 15 is 0 Å². The van der Waals surface area contributed by atoms with E-state index in [0.29, 0.717) is 23.7 Å². The van der Waals surface area contributed by atoms with Crippen molar-refractivity contribution >= 4 is 5.71 Å². The maximum Gasteiger partial charge on any atom is 0.214 e. The molecule has 0 bridgehead atoms. The first-order valence-electron chi connectivity index (χ1n) is 10.3. The first kappa shape index (κ1) is 20.1. The molecule has 0 fully saturated rings. The third-order valence-corrected chi connectivity index (χ3v) is 5.89. The Morgan fingerprint density at radius 3 is 2.31 bits per heavy atom. The lowest BCUT2D eigenvalue weighted by molar-refractivity contribution is -0.0192. The van der Waals surface area contributed by atoms with Gasteiger partial charge >= 0.3 is 0 Å². The van der Waals surface area contributed by atoms with Crippen molar-refractivity contribution in [2.45, 2.75) is 18.7 Å². The van der Waals surface area contributed by atoms with Gasteiger partial charge in [-0.3, -0.25) is 0 Å². The second kappa shape index (κ2) is 8.00. The predicted octanol–water partition coefficient (Wildman–Crippen LogP) is 4.66. The fraction of sp³-hybridized carbons (Fsp3) is 0.240. The number of hydrazone groups is 1. The molecule has 164 valence electrons. The Morgan fingerprint density at radius 1 is 0.938 bits per heavy atom. The number of nitrogens with zero attached hydrogens (tertiary/aromatic N) is 2. The summed E-state index contributed by atoms with van der Waals surface area (Å²) in [6.07, 6.45) is 0.144. The first-order chi connectivity index (χ1) is 15.6. The number of benzene rings is 3. The molecule has 5 rings (SSSR count). The molecular formula is C25H24N2O5. The third kappa shape index (κ3) is 3.17. The molecule has 0 saturated heterocycles. The van der Waals surface area contributed by atoms with Crippen LogP contribution in [0.1, 0.15) is 35.4 Å². The maximum atomic E-state index is 10.4. The monoisotopic (exact) mass is 432 g/mol. The maximum absolute atomic E-state index is 10.4. The van der Waals surface area contributed by atoms with Crippen molar-refractivity contribution in [3.8, 4) is 28.7 Å². The quantitative estimate of drug-likeness (QED) is 0.632. The van der Waals surface area contributed by atoms with Crippen LogP contribution in [0.5, 0.6) is 28.7 Å². The Hall–Kier alpha value is -3.87. The zero-order valence-electron chi connectivity index (χ0n) is 18.1. The van der Waals surface area contributed by atoms with E-state index in [1.54, 1.807) is 33.5 Å². The zero-order chi connectivity index (χ0) is 22.2. The van der Waals surface area contributed by atoms with E-state index in [1.165, 1.54) is 0 Å². The van der Waals surface area contributed by atoms with E-state index in [9.17, 15) is 5.11 Å². The van der Waals surface area contributed by atoms with Crippen LogP contribution in [0.25, 0.3) is 0 Å². The molecule has 32 heavy (non-hydrogen) atoms. The molecule has 2 atom stereocenters. The summed E-state index contributed by atoms with van der Waals surface area (Å²) in [4.78, 5) is 0. The van der Waals surface area contributed by atoms with Gasteiger partial charge in [-0.2, -0.15) is 5.10 Å². The molecule has 7 heteroatoms. The molecule has 2 heterocycles. The number of fused-ring (bicyclic) bond motifs is 3. The van der Waals surface area contributed by atoms with E-state index in [2.05, 4.69) is 6.07 Å². The number of phenolic OH excluding ortho intramolecular Hbond substituents is 1. The first-order valence-corrected chi connectivity index (χ1v) is 10.3. The van der Waals surface area contributed by atoms with Gasteiger partial charge in [0.1, 0.15) is 11.5 Å².